The number of fused-ring (bicyclic) bond motifs is 12. The standard InChI is InChI=1S/C49H30N6/c1-3-13-33(14-4-1)53-41-21-9-7-17-35(41)39-29-31(23-25-43(39)53)45-47(55-48-37(19-12-28-51-48)46-38(49(55)52-45)20-11-27-50-46)32-24-26-44-40(30-32)36-18-8-10-22-42(36)54(44)34-15-5-2-6-16-34/h1-30H. The van der Waals surface area contributed by atoms with Gasteiger partial charge in [-0.2, -0.15) is 0 Å². The van der Waals surface area contributed by atoms with Crippen LogP contribution in [0.1, 0.15) is 0 Å². The zero-order chi connectivity index (χ0) is 36.0. The van der Waals surface area contributed by atoms with E-state index in [1.807, 2.05) is 24.5 Å². The molecule has 6 aromatic heterocycles. The molecule has 0 spiro atoms. The van der Waals surface area contributed by atoms with Gasteiger partial charge in [0.05, 0.1) is 39.0 Å². The molecule has 6 nitrogen and oxygen atoms in total. The molecular formula is C49H30N6. The van der Waals surface area contributed by atoms with E-state index in [1.54, 1.807) is 0 Å². The van der Waals surface area contributed by atoms with Crippen LogP contribution in [0.3, 0.4) is 0 Å². The lowest BCUT2D eigenvalue weighted by molar-refractivity contribution is 1.18. The molecule has 0 unspecified atom stereocenters. The smallest absolute Gasteiger partial charge is 0.149 e. The van der Waals surface area contributed by atoms with Crippen LogP contribution in [0.4, 0.5) is 0 Å². The van der Waals surface area contributed by atoms with Crippen LogP contribution in [-0.2, 0) is 0 Å². The zero-order valence-electron chi connectivity index (χ0n) is 29.5. The molecule has 0 atom stereocenters. The molecule has 0 bridgehead atoms. The van der Waals surface area contributed by atoms with E-state index < -0.39 is 0 Å². The van der Waals surface area contributed by atoms with Crippen molar-refractivity contribution in [2.24, 2.45) is 0 Å². The molecule has 55 heavy (non-hydrogen) atoms. The summed E-state index contributed by atoms with van der Waals surface area (Å²) in [6, 6.07) is 60.4. The quantitative estimate of drug-likeness (QED) is 0.172. The van der Waals surface area contributed by atoms with E-state index >= 15 is 0 Å². The van der Waals surface area contributed by atoms with E-state index in [0.29, 0.717) is 0 Å². The van der Waals surface area contributed by atoms with Crippen molar-refractivity contribution in [3.63, 3.8) is 0 Å². The number of imidazole rings is 1. The Kier molecular flexibility index (Phi) is 6.24. The van der Waals surface area contributed by atoms with E-state index in [9.17, 15) is 0 Å². The summed E-state index contributed by atoms with van der Waals surface area (Å²) >= 11 is 0. The van der Waals surface area contributed by atoms with Crippen LogP contribution < -0.4 is 0 Å². The Hall–Kier alpha value is -7.57. The average Bonchev–Trinajstić information content (AvgIpc) is 3.93. The largest absolute Gasteiger partial charge is 0.309 e. The molecule has 0 aliphatic carbocycles. The Bertz CT molecular complexity index is 3480. The Morgan fingerprint density at radius 1 is 0.364 bits per heavy atom. The van der Waals surface area contributed by atoms with Gasteiger partial charge in [-0.3, -0.25) is 9.38 Å². The molecule has 256 valence electrons. The van der Waals surface area contributed by atoms with Gasteiger partial charge in [-0.05, 0) is 84.9 Å². The fourth-order valence-corrected chi connectivity index (χ4v) is 8.79. The Morgan fingerprint density at radius 3 is 1.49 bits per heavy atom. The maximum Gasteiger partial charge on any atom is 0.149 e. The van der Waals surface area contributed by atoms with Crippen LogP contribution in [0.5, 0.6) is 0 Å². The number of hydrogen-bond acceptors (Lipinski definition) is 3. The van der Waals surface area contributed by atoms with Crippen LogP contribution in [-0.4, -0.2) is 28.5 Å². The molecule has 12 rings (SSSR count). The highest BCUT2D eigenvalue weighted by atomic mass is 15.1. The van der Waals surface area contributed by atoms with Gasteiger partial charge < -0.3 is 9.13 Å². The highest BCUT2D eigenvalue weighted by Crippen LogP contribution is 2.42. The molecule has 6 heterocycles. The predicted octanol–water partition coefficient (Wildman–Crippen LogP) is 12.0. The van der Waals surface area contributed by atoms with Gasteiger partial charge in [-0.1, -0.05) is 84.9 Å². The highest BCUT2D eigenvalue weighted by Gasteiger charge is 2.24. The van der Waals surface area contributed by atoms with Gasteiger partial charge in [0.25, 0.3) is 0 Å². The van der Waals surface area contributed by atoms with Crippen LogP contribution in [0.15, 0.2) is 182 Å². The molecule has 6 heteroatoms. The topological polar surface area (TPSA) is 52.9 Å². The molecule has 0 saturated heterocycles. The van der Waals surface area contributed by atoms with Crippen molar-refractivity contribution < 1.29 is 0 Å². The van der Waals surface area contributed by atoms with Gasteiger partial charge in [-0.25, -0.2) is 9.97 Å². The molecule has 0 aliphatic heterocycles. The lowest BCUT2D eigenvalue weighted by Crippen LogP contribution is -1.97. The summed E-state index contributed by atoms with van der Waals surface area (Å²) in [5, 5.41) is 6.73. The first-order chi connectivity index (χ1) is 27.3. The van der Waals surface area contributed by atoms with Crippen molar-refractivity contribution in [3.8, 4) is 33.9 Å². The van der Waals surface area contributed by atoms with Gasteiger partial charge in [0.2, 0.25) is 0 Å². The highest BCUT2D eigenvalue weighted by molar-refractivity contribution is 6.14. The Labute approximate surface area is 314 Å². The molecule has 0 saturated carbocycles. The van der Waals surface area contributed by atoms with Crippen molar-refractivity contribution in [2.75, 3.05) is 0 Å². The fourth-order valence-electron chi connectivity index (χ4n) is 8.79. The number of pyridine rings is 3. The molecule has 6 aromatic carbocycles. The molecule has 0 N–H and O–H groups in total. The van der Waals surface area contributed by atoms with Gasteiger partial charge in [0.15, 0.2) is 0 Å². The van der Waals surface area contributed by atoms with Gasteiger partial charge >= 0.3 is 0 Å². The average molecular weight is 703 g/mol. The number of nitrogens with zero attached hydrogens (tertiary/aromatic N) is 6. The van der Waals surface area contributed by atoms with Crippen molar-refractivity contribution in [3.05, 3.63) is 182 Å². The van der Waals surface area contributed by atoms with Crippen LogP contribution in [0.2, 0.25) is 0 Å². The Balaban J connectivity index is 1.20. The second-order valence-corrected chi connectivity index (χ2v) is 14.1. The number of para-hydroxylation sites is 4. The maximum absolute atomic E-state index is 5.56. The molecule has 0 aliphatic rings. The first-order valence-electron chi connectivity index (χ1n) is 18.5. The van der Waals surface area contributed by atoms with Gasteiger partial charge in [0.1, 0.15) is 11.3 Å². The minimum absolute atomic E-state index is 0.825. The van der Waals surface area contributed by atoms with E-state index in [-0.39, 0.29) is 0 Å². The van der Waals surface area contributed by atoms with Crippen molar-refractivity contribution in [2.45, 2.75) is 0 Å². The van der Waals surface area contributed by atoms with Crippen LogP contribution in [0, 0.1) is 0 Å². The van der Waals surface area contributed by atoms with E-state index in [1.165, 1.54) is 32.6 Å². The van der Waals surface area contributed by atoms with Crippen molar-refractivity contribution in [1.82, 2.24) is 28.5 Å². The van der Waals surface area contributed by atoms with Crippen LogP contribution >= 0.6 is 0 Å². The SMILES string of the molecule is c1ccc(-n2c3ccccc3c3cc(-c4nc5c6cccnc6c6cccnc6n5c4-c4ccc5c(c4)c4ccccc4n5-c4ccccc4)ccc32)cc1. The second-order valence-electron chi connectivity index (χ2n) is 14.1. The van der Waals surface area contributed by atoms with Crippen molar-refractivity contribution in [1.29, 1.82) is 0 Å². The molecule has 0 amide bonds. The summed E-state index contributed by atoms with van der Waals surface area (Å²) < 4.78 is 6.96. The summed E-state index contributed by atoms with van der Waals surface area (Å²) in [7, 11) is 0. The summed E-state index contributed by atoms with van der Waals surface area (Å²) in [5.41, 5.74) is 13.5. The number of benzene rings is 6. The fraction of sp³-hybridized carbons (Fsp3) is 0. The normalized spacial score (nSPS) is 12.0. The summed E-state index contributed by atoms with van der Waals surface area (Å²) in [6.07, 6.45) is 3.71. The summed E-state index contributed by atoms with van der Waals surface area (Å²) in [4.78, 5) is 15.4. The molecule has 0 fully saturated rings. The first-order valence-corrected chi connectivity index (χ1v) is 18.5. The van der Waals surface area contributed by atoms with E-state index in [2.05, 4.69) is 171 Å². The summed E-state index contributed by atoms with van der Waals surface area (Å²) in [5.74, 6) is 0. The predicted molar refractivity (Wildman–Crippen MR) is 225 cm³/mol. The van der Waals surface area contributed by atoms with E-state index in [4.69, 9.17) is 15.0 Å². The lowest BCUT2D eigenvalue weighted by Gasteiger charge is -2.11. The Morgan fingerprint density at radius 2 is 0.855 bits per heavy atom. The third-order valence-corrected chi connectivity index (χ3v) is 11.1. The molecular weight excluding hydrogens is 673 g/mol. The maximum atomic E-state index is 5.56. The monoisotopic (exact) mass is 702 g/mol. The number of rotatable bonds is 4. The van der Waals surface area contributed by atoms with Gasteiger partial charge in [0, 0.05) is 67.2 Å². The number of aromatic nitrogens is 6. The third-order valence-electron chi connectivity index (χ3n) is 11.1. The first kappa shape index (κ1) is 29.9. The summed E-state index contributed by atoms with van der Waals surface area (Å²) in [6.45, 7) is 0. The van der Waals surface area contributed by atoms with Crippen molar-refractivity contribution >= 4 is 71.2 Å². The minimum Gasteiger partial charge on any atom is -0.309 e. The minimum atomic E-state index is 0.825. The zero-order valence-corrected chi connectivity index (χ0v) is 29.5. The molecule has 0 radical (unpaired) electrons. The van der Waals surface area contributed by atoms with Crippen LogP contribution in [0.25, 0.3) is 105 Å². The van der Waals surface area contributed by atoms with Gasteiger partial charge in [-0.15, -0.1) is 0 Å². The number of hydrogen-bond donors (Lipinski definition) is 0. The third kappa shape index (κ3) is 4.27. The lowest BCUT2D eigenvalue weighted by atomic mass is 10.0. The second kappa shape index (κ2) is 11.5. The molecule has 12 aromatic rings. The van der Waals surface area contributed by atoms with E-state index in [0.717, 1.165) is 72.5 Å².